The van der Waals surface area contributed by atoms with Crippen LogP contribution in [0.5, 0.6) is 0 Å². The molecular weight excluding hydrogens is 259 g/mol. The Morgan fingerprint density at radius 3 is 2.11 bits per heavy atom. The van der Waals surface area contributed by atoms with Crippen LogP contribution in [-0.4, -0.2) is 34.6 Å². The summed E-state index contributed by atoms with van der Waals surface area (Å²) in [6.07, 6.45) is 0. The lowest BCUT2D eigenvalue weighted by Gasteiger charge is -2.28. The lowest BCUT2D eigenvalue weighted by Crippen LogP contribution is -2.42. The normalized spacial score (nSPS) is 11.5. The molecule has 1 N–H and O–H groups in total. The largest absolute Gasteiger partial charge is 0.389 e. The maximum absolute atomic E-state index is 13.5. The van der Waals surface area contributed by atoms with E-state index in [4.69, 9.17) is 0 Å². The van der Waals surface area contributed by atoms with Gasteiger partial charge in [-0.15, -0.1) is 0 Å². The number of likely N-dealkylation sites (N-methyl/N-ethyl adjacent to an activating group) is 1. The van der Waals surface area contributed by atoms with Crippen molar-refractivity contribution in [2.24, 2.45) is 0 Å². The monoisotopic (exact) mass is 275 g/mol. The fraction of sp³-hybridized carbons (Fsp3) is 0.462. The molecule has 1 aromatic carbocycles. The Labute approximate surface area is 109 Å². The highest BCUT2D eigenvalue weighted by atomic mass is 19.1. The number of amides is 1. The minimum Gasteiger partial charge on any atom is -0.389 e. The number of carbonyl (C=O) groups is 1. The van der Waals surface area contributed by atoms with Gasteiger partial charge in [-0.05, 0) is 20.8 Å². The number of nitrogens with zero attached hydrogens (tertiary/aromatic N) is 1. The van der Waals surface area contributed by atoms with Crippen molar-refractivity contribution < 1.29 is 23.1 Å². The SMILES string of the molecule is CCN(CC(C)(C)O)C(=O)c1c(F)cc(F)cc1F. The number of halogens is 3. The molecule has 0 aliphatic carbocycles. The number of carbonyl (C=O) groups excluding carboxylic acids is 1. The summed E-state index contributed by atoms with van der Waals surface area (Å²) in [6.45, 7) is 4.64. The van der Waals surface area contributed by atoms with E-state index in [9.17, 15) is 23.1 Å². The van der Waals surface area contributed by atoms with Crippen LogP contribution in [0.25, 0.3) is 0 Å². The minimum absolute atomic E-state index is 0.0847. The average Bonchev–Trinajstić information content (AvgIpc) is 2.22. The zero-order chi connectivity index (χ0) is 14.8. The van der Waals surface area contributed by atoms with Crippen molar-refractivity contribution in [3.8, 4) is 0 Å². The number of benzene rings is 1. The molecule has 0 radical (unpaired) electrons. The van der Waals surface area contributed by atoms with Crippen LogP contribution in [0.1, 0.15) is 31.1 Å². The van der Waals surface area contributed by atoms with Crippen LogP contribution in [-0.2, 0) is 0 Å². The Morgan fingerprint density at radius 1 is 1.26 bits per heavy atom. The first kappa shape index (κ1) is 15.5. The molecule has 0 bridgehead atoms. The highest BCUT2D eigenvalue weighted by Gasteiger charge is 2.27. The molecule has 0 spiro atoms. The molecule has 0 atom stereocenters. The quantitative estimate of drug-likeness (QED) is 0.916. The van der Waals surface area contributed by atoms with Gasteiger partial charge in [-0.25, -0.2) is 13.2 Å². The van der Waals surface area contributed by atoms with Crippen LogP contribution in [0.2, 0.25) is 0 Å². The van der Waals surface area contributed by atoms with Crippen LogP contribution in [0.4, 0.5) is 13.2 Å². The zero-order valence-corrected chi connectivity index (χ0v) is 11.0. The second kappa shape index (κ2) is 5.61. The molecule has 19 heavy (non-hydrogen) atoms. The summed E-state index contributed by atoms with van der Waals surface area (Å²) >= 11 is 0. The molecule has 106 valence electrons. The van der Waals surface area contributed by atoms with Gasteiger partial charge >= 0.3 is 0 Å². The molecule has 6 heteroatoms. The maximum atomic E-state index is 13.5. The smallest absolute Gasteiger partial charge is 0.259 e. The Balaban J connectivity index is 3.11. The number of aliphatic hydroxyl groups is 1. The molecule has 3 nitrogen and oxygen atoms in total. The van der Waals surface area contributed by atoms with Gasteiger partial charge in [-0.2, -0.15) is 0 Å². The van der Waals surface area contributed by atoms with E-state index in [-0.39, 0.29) is 13.1 Å². The van der Waals surface area contributed by atoms with Gasteiger partial charge in [0.15, 0.2) is 0 Å². The highest BCUT2D eigenvalue weighted by molar-refractivity contribution is 5.94. The summed E-state index contributed by atoms with van der Waals surface area (Å²) < 4.78 is 39.8. The van der Waals surface area contributed by atoms with E-state index >= 15 is 0 Å². The van der Waals surface area contributed by atoms with Crippen LogP contribution in [0, 0.1) is 17.5 Å². The van der Waals surface area contributed by atoms with Gasteiger partial charge in [0.1, 0.15) is 23.0 Å². The molecule has 0 aromatic heterocycles. The van der Waals surface area contributed by atoms with Gasteiger partial charge in [0, 0.05) is 25.2 Å². The molecule has 0 unspecified atom stereocenters. The second-order valence-electron chi connectivity index (χ2n) is 4.88. The van der Waals surface area contributed by atoms with Crippen LogP contribution < -0.4 is 0 Å². The van der Waals surface area contributed by atoms with Crippen molar-refractivity contribution in [3.05, 3.63) is 35.1 Å². The molecule has 0 saturated heterocycles. The molecule has 0 heterocycles. The summed E-state index contributed by atoms with van der Waals surface area (Å²) in [5, 5.41) is 9.66. The van der Waals surface area contributed by atoms with E-state index < -0.39 is 34.5 Å². The third kappa shape index (κ3) is 3.96. The van der Waals surface area contributed by atoms with Crippen molar-refractivity contribution in [2.75, 3.05) is 13.1 Å². The lowest BCUT2D eigenvalue weighted by atomic mass is 10.1. The van der Waals surface area contributed by atoms with Crippen molar-refractivity contribution in [1.29, 1.82) is 0 Å². The maximum Gasteiger partial charge on any atom is 0.259 e. The molecule has 1 aromatic rings. The van der Waals surface area contributed by atoms with Crippen molar-refractivity contribution in [2.45, 2.75) is 26.4 Å². The highest BCUT2D eigenvalue weighted by Crippen LogP contribution is 2.18. The Morgan fingerprint density at radius 2 is 1.74 bits per heavy atom. The summed E-state index contributed by atoms with van der Waals surface area (Å²) in [5.74, 6) is -4.51. The first-order chi connectivity index (χ1) is 8.65. The van der Waals surface area contributed by atoms with Gasteiger partial charge in [0.05, 0.1) is 5.60 Å². The molecule has 0 aliphatic rings. The van der Waals surface area contributed by atoms with Gasteiger partial charge in [0.2, 0.25) is 0 Å². The fourth-order valence-corrected chi connectivity index (χ4v) is 1.70. The number of hydrogen-bond acceptors (Lipinski definition) is 2. The van der Waals surface area contributed by atoms with Crippen molar-refractivity contribution in [3.63, 3.8) is 0 Å². The van der Waals surface area contributed by atoms with Crippen molar-refractivity contribution in [1.82, 2.24) is 4.90 Å². The zero-order valence-electron chi connectivity index (χ0n) is 11.0. The third-order valence-electron chi connectivity index (χ3n) is 2.47. The molecule has 0 saturated carbocycles. The van der Waals surface area contributed by atoms with Gasteiger partial charge < -0.3 is 10.0 Å². The van der Waals surface area contributed by atoms with E-state index in [1.54, 1.807) is 6.92 Å². The Bertz CT molecular complexity index is 460. The van der Waals surface area contributed by atoms with Gasteiger partial charge in [0.25, 0.3) is 5.91 Å². The second-order valence-corrected chi connectivity index (χ2v) is 4.88. The summed E-state index contributed by atoms with van der Waals surface area (Å²) in [5.41, 5.74) is -2.01. The molecular formula is C13H16F3NO2. The first-order valence-electron chi connectivity index (χ1n) is 5.82. The van der Waals surface area contributed by atoms with E-state index in [1.807, 2.05) is 0 Å². The van der Waals surface area contributed by atoms with Crippen LogP contribution in [0.3, 0.4) is 0 Å². The van der Waals surface area contributed by atoms with E-state index in [2.05, 4.69) is 0 Å². The standard InChI is InChI=1S/C13H16F3NO2/c1-4-17(7-13(2,3)19)12(18)11-9(15)5-8(14)6-10(11)16/h5-6,19H,4,7H2,1-3H3. The average molecular weight is 275 g/mol. The van der Waals surface area contributed by atoms with Crippen molar-refractivity contribution >= 4 is 5.91 Å². The summed E-state index contributed by atoms with van der Waals surface area (Å²) in [6, 6.07) is 0.905. The first-order valence-corrected chi connectivity index (χ1v) is 5.82. The Kier molecular flexibility index (Phi) is 4.57. The molecule has 0 fully saturated rings. The van der Waals surface area contributed by atoms with Gasteiger partial charge in [-0.1, -0.05) is 0 Å². The number of hydrogen-bond donors (Lipinski definition) is 1. The lowest BCUT2D eigenvalue weighted by molar-refractivity contribution is 0.0309. The topological polar surface area (TPSA) is 40.5 Å². The van der Waals surface area contributed by atoms with Crippen LogP contribution >= 0.6 is 0 Å². The van der Waals surface area contributed by atoms with Gasteiger partial charge in [-0.3, -0.25) is 4.79 Å². The predicted molar refractivity (Wildman–Crippen MR) is 64.2 cm³/mol. The molecule has 0 aliphatic heterocycles. The number of rotatable bonds is 4. The third-order valence-corrected chi connectivity index (χ3v) is 2.47. The van der Waals surface area contributed by atoms with E-state index in [0.717, 1.165) is 4.90 Å². The fourth-order valence-electron chi connectivity index (χ4n) is 1.70. The Hall–Kier alpha value is -1.56. The summed E-state index contributed by atoms with van der Waals surface area (Å²) in [7, 11) is 0. The molecule has 1 rings (SSSR count). The van der Waals surface area contributed by atoms with E-state index in [1.165, 1.54) is 13.8 Å². The van der Waals surface area contributed by atoms with E-state index in [0.29, 0.717) is 12.1 Å². The summed E-state index contributed by atoms with van der Waals surface area (Å²) in [4.78, 5) is 13.1. The molecule has 1 amide bonds. The van der Waals surface area contributed by atoms with Crippen LogP contribution in [0.15, 0.2) is 12.1 Å². The minimum atomic E-state index is -1.25. The predicted octanol–water partition coefficient (Wildman–Crippen LogP) is 2.34.